The number of aliphatic hydroxyl groups excluding tert-OH is 1. The Morgan fingerprint density at radius 1 is 0.848 bits per heavy atom. The maximum atomic E-state index is 11.0. The zero-order valence-electron chi connectivity index (χ0n) is 23.2. The standard InChI is InChI=1S/C32H56O/c1-21(2)9-8-10-23(5)26-15-16-27-24-13-14-28-25(12-11-22(3)4)30(33)18-20-32(28,7)29(24)17-19-31(26,27)6/h11,21,23-30,33H,8-10,12-20H2,1-7H3/t23-,24+,25+,26-,27+,28+,29+,30+,31-,32+/m1/s1. The van der Waals surface area contributed by atoms with Gasteiger partial charge in [0.05, 0.1) is 6.10 Å². The van der Waals surface area contributed by atoms with Crippen molar-refractivity contribution in [3.8, 4) is 0 Å². The van der Waals surface area contributed by atoms with Crippen molar-refractivity contribution in [2.75, 3.05) is 0 Å². The Kier molecular flexibility index (Phi) is 7.80. The quantitative estimate of drug-likeness (QED) is 0.379. The Balaban J connectivity index is 1.48. The van der Waals surface area contributed by atoms with Crippen LogP contribution in [0.5, 0.6) is 0 Å². The molecule has 0 saturated heterocycles. The van der Waals surface area contributed by atoms with E-state index in [0.29, 0.717) is 16.7 Å². The molecule has 1 nitrogen and oxygen atoms in total. The van der Waals surface area contributed by atoms with Crippen LogP contribution in [0.2, 0.25) is 0 Å². The second-order valence-corrected chi connectivity index (χ2v) is 14.4. The average molecular weight is 457 g/mol. The lowest BCUT2D eigenvalue weighted by molar-refractivity contribution is -0.152. The fourth-order valence-corrected chi connectivity index (χ4v) is 10.2. The molecule has 10 atom stereocenters. The van der Waals surface area contributed by atoms with Gasteiger partial charge in [-0.2, -0.15) is 0 Å². The van der Waals surface area contributed by atoms with Gasteiger partial charge in [-0.05, 0) is 130 Å². The molecule has 4 aliphatic rings. The van der Waals surface area contributed by atoms with E-state index in [0.717, 1.165) is 54.3 Å². The first-order chi connectivity index (χ1) is 15.6. The number of rotatable bonds is 7. The van der Waals surface area contributed by atoms with Crippen LogP contribution in [0.1, 0.15) is 126 Å². The molecular weight excluding hydrogens is 400 g/mol. The Morgan fingerprint density at radius 3 is 2.21 bits per heavy atom. The molecule has 0 aliphatic heterocycles. The number of hydrogen-bond donors (Lipinski definition) is 1. The smallest absolute Gasteiger partial charge is 0.0574 e. The lowest BCUT2D eigenvalue weighted by Crippen LogP contribution is -2.56. The predicted molar refractivity (Wildman–Crippen MR) is 142 cm³/mol. The van der Waals surface area contributed by atoms with Crippen LogP contribution < -0.4 is 0 Å². The van der Waals surface area contributed by atoms with Crippen molar-refractivity contribution in [1.82, 2.24) is 0 Å². The maximum absolute atomic E-state index is 11.0. The minimum atomic E-state index is -0.0772. The van der Waals surface area contributed by atoms with E-state index in [1.54, 1.807) is 0 Å². The number of hydrogen-bond acceptors (Lipinski definition) is 1. The second-order valence-electron chi connectivity index (χ2n) is 14.4. The van der Waals surface area contributed by atoms with Gasteiger partial charge in [-0.25, -0.2) is 0 Å². The van der Waals surface area contributed by atoms with E-state index in [9.17, 15) is 5.11 Å². The normalized spacial score (nSPS) is 45.8. The van der Waals surface area contributed by atoms with Crippen LogP contribution in [0.4, 0.5) is 0 Å². The molecule has 33 heavy (non-hydrogen) atoms. The number of fused-ring (bicyclic) bond motifs is 5. The zero-order chi connectivity index (χ0) is 24.0. The summed E-state index contributed by atoms with van der Waals surface area (Å²) in [5.74, 6) is 6.77. The Morgan fingerprint density at radius 2 is 1.52 bits per heavy atom. The van der Waals surface area contributed by atoms with Crippen LogP contribution in [-0.2, 0) is 0 Å². The molecule has 0 aromatic rings. The molecule has 0 bridgehead atoms. The summed E-state index contributed by atoms with van der Waals surface area (Å²) < 4.78 is 0. The molecule has 0 heterocycles. The molecule has 0 spiro atoms. The third kappa shape index (κ3) is 4.75. The molecule has 4 rings (SSSR count). The van der Waals surface area contributed by atoms with Gasteiger partial charge < -0.3 is 5.11 Å². The summed E-state index contributed by atoms with van der Waals surface area (Å²) in [6.45, 7) is 17.2. The summed E-state index contributed by atoms with van der Waals surface area (Å²) in [6.07, 6.45) is 18.8. The molecule has 1 heteroatoms. The molecule has 190 valence electrons. The molecule has 0 radical (unpaired) electrons. The lowest BCUT2D eigenvalue weighted by Gasteiger charge is -2.62. The van der Waals surface area contributed by atoms with Crippen molar-refractivity contribution < 1.29 is 5.11 Å². The molecule has 0 amide bonds. The van der Waals surface area contributed by atoms with Crippen LogP contribution in [0.3, 0.4) is 0 Å². The topological polar surface area (TPSA) is 20.2 Å². The van der Waals surface area contributed by atoms with Crippen molar-refractivity contribution in [3.63, 3.8) is 0 Å². The highest BCUT2D eigenvalue weighted by Gasteiger charge is 2.61. The van der Waals surface area contributed by atoms with Crippen LogP contribution in [0, 0.1) is 58.2 Å². The van der Waals surface area contributed by atoms with Crippen molar-refractivity contribution >= 4 is 0 Å². The summed E-state index contributed by atoms with van der Waals surface area (Å²) in [7, 11) is 0. The first-order valence-electron chi connectivity index (χ1n) is 14.9. The summed E-state index contributed by atoms with van der Waals surface area (Å²) in [5.41, 5.74) is 2.47. The van der Waals surface area contributed by atoms with Gasteiger partial charge in [-0.1, -0.05) is 65.5 Å². The van der Waals surface area contributed by atoms with Crippen LogP contribution in [0.25, 0.3) is 0 Å². The van der Waals surface area contributed by atoms with Gasteiger partial charge in [-0.3, -0.25) is 0 Å². The van der Waals surface area contributed by atoms with Crippen LogP contribution >= 0.6 is 0 Å². The number of aliphatic hydroxyl groups is 1. The molecule has 4 aliphatic carbocycles. The summed E-state index contributed by atoms with van der Waals surface area (Å²) >= 11 is 0. The minimum Gasteiger partial charge on any atom is -0.393 e. The molecule has 0 aromatic heterocycles. The van der Waals surface area contributed by atoms with E-state index in [4.69, 9.17) is 0 Å². The first-order valence-corrected chi connectivity index (χ1v) is 14.9. The van der Waals surface area contributed by atoms with E-state index in [-0.39, 0.29) is 6.10 Å². The van der Waals surface area contributed by atoms with E-state index >= 15 is 0 Å². The largest absolute Gasteiger partial charge is 0.393 e. The van der Waals surface area contributed by atoms with E-state index in [1.807, 2.05) is 0 Å². The van der Waals surface area contributed by atoms with Crippen molar-refractivity contribution in [2.24, 2.45) is 58.2 Å². The van der Waals surface area contributed by atoms with Crippen molar-refractivity contribution in [3.05, 3.63) is 11.6 Å². The van der Waals surface area contributed by atoms with E-state index in [1.165, 1.54) is 69.8 Å². The van der Waals surface area contributed by atoms with E-state index in [2.05, 4.69) is 54.5 Å². The molecule has 4 fully saturated rings. The Hall–Kier alpha value is -0.300. The van der Waals surface area contributed by atoms with Crippen LogP contribution in [-0.4, -0.2) is 11.2 Å². The predicted octanol–water partition coefficient (Wildman–Crippen LogP) is 9.05. The second kappa shape index (κ2) is 9.99. The van der Waals surface area contributed by atoms with Gasteiger partial charge >= 0.3 is 0 Å². The highest BCUT2D eigenvalue weighted by molar-refractivity contribution is 5.11. The van der Waals surface area contributed by atoms with Gasteiger partial charge in [0.15, 0.2) is 0 Å². The van der Waals surface area contributed by atoms with Crippen molar-refractivity contribution in [2.45, 2.75) is 132 Å². The van der Waals surface area contributed by atoms with Gasteiger partial charge in [0.25, 0.3) is 0 Å². The van der Waals surface area contributed by atoms with Crippen molar-refractivity contribution in [1.29, 1.82) is 0 Å². The van der Waals surface area contributed by atoms with Gasteiger partial charge in [0, 0.05) is 0 Å². The average Bonchev–Trinajstić information content (AvgIpc) is 3.10. The highest BCUT2D eigenvalue weighted by atomic mass is 16.3. The number of allylic oxidation sites excluding steroid dienone is 2. The fourth-order valence-electron chi connectivity index (χ4n) is 10.2. The van der Waals surface area contributed by atoms with Gasteiger partial charge in [-0.15, -0.1) is 0 Å². The zero-order valence-corrected chi connectivity index (χ0v) is 23.2. The lowest BCUT2D eigenvalue weighted by atomic mass is 9.43. The summed E-state index contributed by atoms with van der Waals surface area (Å²) in [5, 5.41) is 11.0. The molecular formula is C32H56O. The van der Waals surface area contributed by atoms with E-state index < -0.39 is 0 Å². The summed E-state index contributed by atoms with van der Waals surface area (Å²) in [4.78, 5) is 0. The fraction of sp³-hybridized carbons (Fsp3) is 0.938. The SMILES string of the molecule is CC(C)=CC[C@@H]1[C@@H](O)CC[C@@]2(C)[C@H]1CC[C@@H]1[C@@H]2CC[C@]2(C)[C@@H]([C@H](C)CCCC(C)C)CC[C@@H]12. The molecule has 4 saturated carbocycles. The monoisotopic (exact) mass is 456 g/mol. The van der Waals surface area contributed by atoms with Crippen LogP contribution in [0.15, 0.2) is 11.6 Å². The first kappa shape index (κ1) is 25.8. The highest BCUT2D eigenvalue weighted by Crippen LogP contribution is 2.69. The van der Waals surface area contributed by atoms with Gasteiger partial charge in [0.1, 0.15) is 0 Å². The van der Waals surface area contributed by atoms with Gasteiger partial charge in [0.2, 0.25) is 0 Å². The molecule has 0 unspecified atom stereocenters. The maximum Gasteiger partial charge on any atom is 0.0574 e. The molecule has 0 aromatic carbocycles. The molecule has 1 N–H and O–H groups in total. The third-order valence-corrected chi connectivity index (χ3v) is 11.9. The minimum absolute atomic E-state index is 0.0772. The Labute approximate surface area is 206 Å². The summed E-state index contributed by atoms with van der Waals surface area (Å²) in [6, 6.07) is 0. The third-order valence-electron chi connectivity index (χ3n) is 11.9. The Bertz CT molecular complexity index is 689.